The van der Waals surface area contributed by atoms with E-state index in [4.69, 9.17) is 24.9 Å². The summed E-state index contributed by atoms with van der Waals surface area (Å²) in [4.78, 5) is 26.2. The van der Waals surface area contributed by atoms with E-state index in [0.717, 1.165) is 110 Å². The van der Waals surface area contributed by atoms with Crippen molar-refractivity contribution in [3.05, 3.63) is 200 Å². The Kier molecular flexibility index (Phi) is 7.52. The molecule has 14 rings (SSSR count). The van der Waals surface area contributed by atoms with Crippen LogP contribution in [0.25, 0.3) is 122 Å². The quantitative estimate of drug-likeness (QED) is 0.171. The lowest BCUT2D eigenvalue weighted by molar-refractivity contribution is 0.960. The van der Waals surface area contributed by atoms with Crippen LogP contribution < -0.4 is 0 Å². The molecule has 0 saturated heterocycles. The summed E-state index contributed by atoms with van der Waals surface area (Å²) in [6, 6.07) is 60.5. The third-order valence-corrected chi connectivity index (χ3v) is 13.0. The number of aromatic nitrogens is 9. The molecule has 0 fully saturated rings. The third-order valence-electron chi connectivity index (χ3n) is 13.0. The second-order valence-corrected chi connectivity index (χ2v) is 16.4. The summed E-state index contributed by atoms with van der Waals surface area (Å²) < 4.78 is 9.15. The van der Waals surface area contributed by atoms with Crippen LogP contribution in [0.15, 0.2) is 195 Å². The highest BCUT2D eigenvalue weighted by molar-refractivity contribution is 6.14. The summed E-state index contributed by atoms with van der Waals surface area (Å²) in [6.45, 7) is 0. The summed E-state index contributed by atoms with van der Waals surface area (Å²) in [5.74, 6) is 1.32. The first kappa shape index (κ1) is 36.1. The summed E-state index contributed by atoms with van der Waals surface area (Å²) in [5.41, 5.74) is 14.6. The van der Waals surface area contributed by atoms with Gasteiger partial charge in [-0.25, -0.2) is 4.98 Å². The molecule has 9 heterocycles. The molecular formula is C56H32N10. The Morgan fingerprint density at radius 2 is 0.697 bits per heavy atom. The lowest BCUT2D eigenvalue weighted by atomic mass is 9.98. The molecule has 0 spiro atoms. The molecule has 306 valence electrons. The average Bonchev–Trinajstić information content (AvgIpc) is 4.11. The van der Waals surface area contributed by atoms with E-state index in [0.29, 0.717) is 17.2 Å². The first-order valence-corrected chi connectivity index (χ1v) is 21.7. The molecule has 0 N–H and O–H groups in total. The largest absolute Gasteiger partial charge is 0.304 e. The lowest BCUT2D eigenvalue weighted by Gasteiger charge is -2.26. The highest BCUT2D eigenvalue weighted by Crippen LogP contribution is 2.48. The first-order chi connectivity index (χ1) is 32.8. The molecule has 0 aliphatic heterocycles. The van der Waals surface area contributed by atoms with E-state index in [1.54, 1.807) is 0 Å². The zero-order valence-corrected chi connectivity index (χ0v) is 34.9. The van der Waals surface area contributed by atoms with Crippen molar-refractivity contribution in [2.75, 3.05) is 0 Å². The topological polar surface area (TPSA) is 108 Å². The van der Waals surface area contributed by atoms with E-state index >= 15 is 0 Å². The summed E-state index contributed by atoms with van der Waals surface area (Å²) >= 11 is 0. The van der Waals surface area contributed by atoms with Gasteiger partial charge in [-0.15, -0.1) is 0 Å². The number of pyridine rings is 5. The Hall–Kier alpha value is -9.46. The molecule has 10 heteroatoms. The zero-order valence-electron chi connectivity index (χ0n) is 34.9. The Morgan fingerprint density at radius 1 is 0.348 bits per heavy atom. The van der Waals surface area contributed by atoms with Crippen LogP contribution in [0.5, 0.6) is 0 Å². The molecule has 5 aromatic carbocycles. The number of para-hydroxylation sites is 4. The van der Waals surface area contributed by atoms with E-state index in [1.807, 2.05) is 67.3 Å². The number of benzene rings is 5. The van der Waals surface area contributed by atoms with Crippen LogP contribution in [0.2, 0.25) is 0 Å². The highest BCUT2D eigenvalue weighted by Gasteiger charge is 2.33. The SMILES string of the molecule is N#Cc1cccc(-c2c(-n3c4ccccc4c4ncccc43)c(-n3c4ccccc4c4ncccc43)nc(-n3c4ccccc4c4ncccc43)c2-n2c3ccccc3c3ncccc32)c1. The lowest BCUT2D eigenvalue weighted by Crippen LogP contribution is -2.16. The molecule has 10 nitrogen and oxygen atoms in total. The molecule has 0 saturated carbocycles. The van der Waals surface area contributed by atoms with Crippen molar-refractivity contribution in [3.8, 4) is 40.2 Å². The number of nitriles is 1. The smallest absolute Gasteiger partial charge is 0.165 e. The third kappa shape index (κ3) is 4.90. The summed E-state index contributed by atoms with van der Waals surface area (Å²) in [6.07, 6.45) is 7.40. The predicted molar refractivity (Wildman–Crippen MR) is 263 cm³/mol. The van der Waals surface area contributed by atoms with Gasteiger partial charge in [0.15, 0.2) is 11.6 Å². The molecule has 66 heavy (non-hydrogen) atoms. The maximum atomic E-state index is 10.7. The second-order valence-electron chi connectivity index (χ2n) is 16.4. The predicted octanol–water partition coefficient (Wildman–Crippen LogP) is 12.6. The van der Waals surface area contributed by atoms with Crippen molar-refractivity contribution >= 4 is 87.7 Å². The minimum atomic E-state index is 0.527. The monoisotopic (exact) mass is 844 g/mol. The summed E-state index contributed by atoms with van der Waals surface area (Å²) in [5, 5.41) is 14.6. The number of fused-ring (bicyclic) bond motifs is 12. The van der Waals surface area contributed by atoms with Gasteiger partial charge in [-0.3, -0.25) is 29.1 Å². The number of rotatable bonds is 5. The van der Waals surface area contributed by atoms with E-state index < -0.39 is 0 Å². The van der Waals surface area contributed by atoms with Gasteiger partial charge in [0.05, 0.1) is 77.8 Å². The van der Waals surface area contributed by atoms with Gasteiger partial charge >= 0.3 is 0 Å². The van der Waals surface area contributed by atoms with Gasteiger partial charge in [0.25, 0.3) is 0 Å². The zero-order chi connectivity index (χ0) is 43.5. The van der Waals surface area contributed by atoms with Crippen LogP contribution in [-0.4, -0.2) is 43.2 Å². The molecule has 9 aromatic heterocycles. The Balaban J connectivity index is 1.34. The molecule has 0 unspecified atom stereocenters. The normalized spacial score (nSPS) is 11.9. The van der Waals surface area contributed by atoms with Crippen LogP contribution >= 0.6 is 0 Å². The highest BCUT2D eigenvalue weighted by atomic mass is 15.2. The Morgan fingerprint density at radius 3 is 1.09 bits per heavy atom. The van der Waals surface area contributed by atoms with Gasteiger partial charge < -0.3 is 9.13 Å². The van der Waals surface area contributed by atoms with Crippen molar-refractivity contribution in [1.29, 1.82) is 5.26 Å². The van der Waals surface area contributed by atoms with Gasteiger partial charge in [0.2, 0.25) is 0 Å². The molecule has 0 atom stereocenters. The van der Waals surface area contributed by atoms with Crippen molar-refractivity contribution in [3.63, 3.8) is 0 Å². The Bertz CT molecular complexity index is 3930. The van der Waals surface area contributed by atoms with E-state index in [-0.39, 0.29) is 0 Å². The fourth-order valence-corrected chi connectivity index (χ4v) is 10.4. The standard InChI is InChI=1S/C56H32N10/c57-33-34-14-9-15-35(32-34)48-53(63-40-20-5-1-16-36(40)49-44(63)24-10-28-58-49)55(65-42-22-7-3-18-38(42)51-46(65)26-12-30-60-51)62-56(66-43-23-8-4-19-39(43)52-47(66)27-13-31-61-52)54(48)64-41-21-6-2-17-37(41)50-45(64)25-11-29-59-50/h1-32H. The minimum Gasteiger partial charge on any atom is -0.304 e. The number of hydrogen-bond acceptors (Lipinski definition) is 6. The van der Waals surface area contributed by atoms with Gasteiger partial charge in [0, 0.05) is 51.9 Å². The number of hydrogen-bond donors (Lipinski definition) is 0. The molecule has 14 aromatic rings. The van der Waals surface area contributed by atoms with Crippen molar-refractivity contribution in [2.45, 2.75) is 0 Å². The van der Waals surface area contributed by atoms with Gasteiger partial charge in [-0.05, 0) is 90.5 Å². The molecule has 0 aliphatic rings. The maximum absolute atomic E-state index is 10.7. The van der Waals surface area contributed by atoms with Crippen LogP contribution in [0.4, 0.5) is 0 Å². The molecule has 0 amide bonds. The Labute approximate surface area is 375 Å². The molecule has 0 bridgehead atoms. The molecular weight excluding hydrogens is 813 g/mol. The van der Waals surface area contributed by atoms with E-state index in [2.05, 4.69) is 152 Å². The van der Waals surface area contributed by atoms with Crippen molar-refractivity contribution in [2.24, 2.45) is 0 Å². The van der Waals surface area contributed by atoms with Gasteiger partial charge in [0.1, 0.15) is 11.4 Å². The van der Waals surface area contributed by atoms with Crippen LogP contribution in [0, 0.1) is 11.3 Å². The van der Waals surface area contributed by atoms with Gasteiger partial charge in [-0.1, -0.05) is 84.9 Å². The summed E-state index contributed by atoms with van der Waals surface area (Å²) in [7, 11) is 0. The van der Waals surface area contributed by atoms with E-state index in [1.165, 1.54) is 0 Å². The maximum Gasteiger partial charge on any atom is 0.165 e. The molecule has 0 aliphatic carbocycles. The van der Waals surface area contributed by atoms with E-state index in [9.17, 15) is 5.26 Å². The fraction of sp³-hybridized carbons (Fsp3) is 0. The number of nitrogens with zero attached hydrogens (tertiary/aromatic N) is 10. The first-order valence-electron chi connectivity index (χ1n) is 21.7. The molecule has 0 radical (unpaired) electrons. The van der Waals surface area contributed by atoms with Crippen molar-refractivity contribution in [1.82, 2.24) is 43.2 Å². The minimum absolute atomic E-state index is 0.527. The second kappa shape index (κ2) is 13.8. The fourth-order valence-electron chi connectivity index (χ4n) is 10.4. The van der Waals surface area contributed by atoms with Crippen LogP contribution in [0.3, 0.4) is 0 Å². The van der Waals surface area contributed by atoms with Crippen molar-refractivity contribution < 1.29 is 0 Å². The average molecular weight is 845 g/mol. The van der Waals surface area contributed by atoms with Crippen LogP contribution in [-0.2, 0) is 0 Å². The van der Waals surface area contributed by atoms with Crippen LogP contribution in [0.1, 0.15) is 5.56 Å². The van der Waals surface area contributed by atoms with Gasteiger partial charge in [-0.2, -0.15) is 5.26 Å².